The number of hydrogen-bond donors (Lipinski definition) is 1. The van der Waals surface area contributed by atoms with E-state index in [4.69, 9.17) is 11.6 Å². The second-order valence-electron chi connectivity index (χ2n) is 5.69. The van der Waals surface area contributed by atoms with Crippen LogP contribution >= 0.6 is 11.6 Å². The van der Waals surface area contributed by atoms with E-state index in [9.17, 15) is 4.79 Å². The minimum Gasteiger partial charge on any atom is -0.362 e. The van der Waals surface area contributed by atoms with Crippen LogP contribution in [0.4, 0.5) is 11.4 Å². The zero-order chi connectivity index (χ0) is 15.5. The minimum absolute atomic E-state index is 0.0394. The number of para-hydroxylation sites is 1. The van der Waals surface area contributed by atoms with Crippen LogP contribution in [0.1, 0.15) is 17.5 Å². The SMILES string of the molecule is Cc1ccc(NC(=O)CN2CCCc3ccccc32)c(Cl)c1. The molecule has 4 heteroatoms. The van der Waals surface area contributed by atoms with Gasteiger partial charge < -0.3 is 10.2 Å². The van der Waals surface area contributed by atoms with Gasteiger partial charge in [0.1, 0.15) is 0 Å². The second-order valence-corrected chi connectivity index (χ2v) is 6.09. The Morgan fingerprint density at radius 2 is 2.09 bits per heavy atom. The fourth-order valence-electron chi connectivity index (χ4n) is 2.86. The Labute approximate surface area is 135 Å². The first kappa shape index (κ1) is 14.9. The molecule has 22 heavy (non-hydrogen) atoms. The van der Waals surface area contributed by atoms with E-state index in [1.165, 1.54) is 11.3 Å². The number of nitrogens with one attached hydrogen (secondary N) is 1. The number of halogens is 1. The molecule has 0 saturated carbocycles. The Morgan fingerprint density at radius 1 is 1.27 bits per heavy atom. The molecule has 1 N–H and O–H groups in total. The van der Waals surface area contributed by atoms with Gasteiger partial charge in [-0.3, -0.25) is 4.79 Å². The number of benzene rings is 2. The van der Waals surface area contributed by atoms with Crippen molar-refractivity contribution in [2.45, 2.75) is 19.8 Å². The van der Waals surface area contributed by atoms with Gasteiger partial charge in [0.2, 0.25) is 5.91 Å². The van der Waals surface area contributed by atoms with Crippen molar-refractivity contribution in [3.63, 3.8) is 0 Å². The molecular weight excluding hydrogens is 296 g/mol. The molecule has 0 atom stereocenters. The van der Waals surface area contributed by atoms with Crippen molar-refractivity contribution in [2.75, 3.05) is 23.3 Å². The average Bonchev–Trinajstić information content (AvgIpc) is 2.50. The maximum Gasteiger partial charge on any atom is 0.243 e. The molecule has 2 aromatic carbocycles. The number of fused-ring (bicyclic) bond motifs is 1. The predicted molar refractivity (Wildman–Crippen MR) is 91.8 cm³/mol. The first-order chi connectivity index (χ1) is 10.6. The smallest absolute Gasteiger partial charge is 0.243 e. The molecule has 0 spiro atoms. The average molecular weight is 315 g/mol. The molecule has 0 bridgehead atoms. The molecule has 0 unspecified atom stereocenters. The molecule has 0 aliphatic carbocycles. The van der Waals surface area contributed by atoms with Gasteiger partial charge in [0.15, 0.2) is 0 Å². The van der Waals surface area contributed by atoms with Crippen molar-refractivity contribution in [1.29, 1.82) is 0 Å². The quantitative estimate of drug-likeness (QED) is 0.927. The number of nitrogens with zero attached hydrogens (tertiary/aromatic N) is 1. The number of anilines is 2. The Bertz CT molecular complexity index is 699. The molecule has 1 aliphatic rings. The van der Waals surface area contributed by atoms with E-state index >= 15 is 0 Å². The number of aryl methyl sites for hydroxylation is 2. The van der Waals surface area contributed by atoms with Crippen LogP contribution in [-0.4, -0.2) is 19.0 Å². The zero-order valence-electron chi connectivity index (χ0n) is 12.6. The lowest BCUT2D eigenvalue weighted by Gasteiger charge is -2.30. The molecule has 0 aromatic heterocycles. The lowest BCUT2D eigenvalue weighted by atomic mass is 10.0. The number of hydrogen-bond acceptors (Lipinski definition) is 2. The van der Waals surface area contributed by atoms with E-state index in [-0.39, 0.29) is 5.91 Å². The number of amides is 1. The molecule has 1 amide bonds. The molecule has 0 saturated heterocycles. The first-order valence-corrected chi connectivity index (χ1v) is 7.90. The number of rotatable bonds is 3. The summed E-state index contributed by atoms with van der Waals surface area (Å²) in [5.41, 5.74) is 4.23. The van der Waals surface area contributed by atoms with E-state index in [1.54, 1.807) is 0 Å². The zero-order valence-corrected chi connectivity index (χ0v) is 13.4. The third kappa shape index (κ3) is 3.25. The fourth-order valence-corrected chi connectivity index (χ4v) is 3.14. The third-order valence-electron chi connectivity index (χ3n) is 3.94. The van der Waals surface area contributed by atoms with Crippen molar-refractivity contribution in [3.05, 3.63) is 58.6 Å². The van der Waals surface area contributed by atoms with Crippen LogP contribution in [0.2, 0.25) is 5.02 Å². The predicted octanol–water partition coefficient (Wildman–Crippen LogP) is 4.04. The molecule has 1 heterocycles. The molecule has 1 aliphatic heterocycles. The topological polar surface area (TPSA) is 32.3 Å². The lowest BCUT2D eigenvalue weighted by molar-refractivity contribution is -0.115. The van der Waals surface area contributed by atoms with Crippen LogP contribution in [0.3, 0.4) is 0 Å². The summed E-state index contributed by atoms with van der Waals surface area (Å²) >= 11 is 6.17. The van der Waals surface area contributed by atoms with Crippen LogP contribution in [0.25, 0.3) is 0 Å². The molecule has 114 valence electrons. The number of carbonyl (C=O) groups is 1. The molecular formula is C18H19ClN2O. The van der Waals surface area contributed by atoms with Gasteiger partial charge in [0.25, 0.3) is 0 Å². The van der Waals surface area contributed by atoms with Gasteiger partial charge >= 0.3 is 0 Å². The summed E-state index contributed by atoms with van der Waals surface area (Å²) in [4.78, 5) is 14.5. The van der Waals surface area contributed by atoms with Crippen molar-refractivity contribution in [1.82, 2.24) is 0 Å². The fraction of sp³-hybridized carbons (Fsp3) is 0.278. The van der Waals surface area contributed by atoms with Crippen molar-refractivity contribution in [3.8, 4) is 0 Å². The summed E-state index contributed by atoms with van der Waals surface area (Å²) in [5.74, 6) is -0.0394. The Hall–Kier alpha value is -2.00. The van der Waals surface area contributed by atoms with E-state index in [2.05, 4.69) is 28.4 Å². The normalized spacial score (nSPS) is 13.6. The summed E-state index contributed by atoms with van der Waals surface area (Å²) in [6.45, 7) is 3.23. The summed E-state index contributed by atoms with van der Waals surface area (Å²) in [5, 5.41) is 3.48. The first-order valence-electron chi connectivity index (χ1n) is 7.52. The highest BCUT2D eigenvalue weighted by molar-refractivity contribution is 6.33. The maximum atomic E-state index is 12.3. The lowest BCUT2D eigenvalue weighted by Crippen LogP contribution is -2.36. The third-order valence-corrected chi connectivity index (χ3v) is 4.25. The van der Waals surface area contributed by atoms with Gasteiger partial charge in [-0.1, -0.05) is 35.9 Å². The summed E-state index contributed by atoms with van der Waals surface area (Å²) in [6, 6.07) is 13.9. The summed E-state index contributed by atoms with van der Waals surface area (Å²) < 4.78 is 0. The van der Waals surface area contributed by atoms with Crippen LogP contribution in [0.15, 0.2) is 42.5 Å². The van der Waals surface area contributed by atoms with E-state index < -0.39 is 0 Å². The van der Waals surface area contributed by atoms with Crippen LogP contribution in [-0.2, 0) is 11.2 Å². The molecule has 0 fully saturated rings. The highest BCUT2D eigenvalue weighted by Crippen LogP contribution is 2.27. The molecule has 2 aromatic rings. The van der Waals surface area contributed by atoms with Crippen molar-refractivity contribution < 1.29 is 4.79 Å². The Morgan fingerprint density at radius 3 is 2.91 bits per heavy atom. The standard InChI is InChI=1S/C18H19ClN2O/c1-13-8-9-16(15(19)11-13)20-18(22)12-21-10-4-6-14-5-2-3-7-17(14)21/h2-3,5,7-9,11H,4,6,10,12H2,1H3,(H,20,22). The van der Waals surface area contributed by atoms with Crippen LogP contribution < -0.4 is 10.2 Å². The van der Waals surface area contributed by atoms with Crippen molar-refractivity contribution in [2.24, 2.45) is 0 Å². The van der Waals surface area contributed by atoms with Gasteiger partial charge in [-0.05, 0) is 49.1 Å². The van der Waals surface area contributed by atoms with Crippen molar-refractivity contribution >= 4 is 28.9 Å². The van der Waals surface area contributed by atoms with Crippen LogP contribution in [0, 0.1) is 6.92 Å². The van der Waals surface area contributed by atoms with Gasteiger partial charge in [0.05, 0.1) is 17.3 Å². The molecule has 3 rings (SSSR count). The van der Waals surface area contributed by atoms with Crippen LogP contribution in [0.5, 0.6) is 0 Å². The Kier molecular flexibility index (Phi) is 4.34. The summed E-state index contributed by atoms with van der Waals surface area (Å²) in [7, 11) is 0. The second kappa shape index (κ2) is 6.41. The summed E-state index contributed by atoms with van der Waals surface area (Å²) in [6.07, 6.45) is 2.16. The van der Waals surface area contributed by atoms with Gasteiger partial charge in [-0.25, -0.2) is 0 Å². The molecule has 0 radical (unpaired) electrons. The Balaban J connectivity index is 1.70. The van der Waals surface area contributed by atoms with Gasteiger partial charge in [-0.2, -0.15) is 0 Å². The van der Waals surface area contributed by atoms with E-state index in [0.29, 0.717) is 17.3 Å². The van der Waals surface area contributed by atoms with Gasteiger partial charge in [-0.15, -0.1) is 0 Å². The highest BCUT2D eigenvalue weighted by Gasteiger charge is 2.18. The molecule has 3 nitrogen and oxygen atoms in total. The highest BCUT2D eigenvalue weighted by atomic mass is 35.5. The number of carbonyl (C=O) groups excluding carboxylic acids is 1. The monoisotopic (exact) mass is 314 g/mol. The van der Waals surface area contributed by atoms with Gasteiger partial charge in [0, 0.05) is 12.2 Å². The van der Waals surface area contributed by atoms with E-state index in [0.717, 1.165) is 24.9 Å². The largest absolute Gasteiger partial charge is 0.362 e. The minimum atomic E-state index is -0.0394. The maximum absolute atomic E-state index is 12.3. The van der Waals surface area contributed by atoms with E-state index in [1.807, 2.05) is 31.2 Å².